The molecule has 0 nitrogen and oxygen atoms in total. The number of hydrogen-bond donors (Lipinski definition) is 0. The summed E-state index contributed by atoms with van der Waals surface area (Å²) in [6.45, 7) is 5.72. The zero-order valence-corrected chi connectivity index (χ0v) is 6.79. The predicted molar refractivity (Wildman–Crippen MR) is 41.4 cm³/mol. The highest BCUT2D eigenvalue weighted by atomic mass is 19.1. The van der Waals surface area contributed by atoms with Crippen LogP contribution >= 0.6 is 0 Å². The van der Waals surface area contributed by atoms with Gasteiger partial charge in [0.15, 0.2) is 0 Å². The Morgan fingerprint density at radius 1 is 1.00 bits per heavy atom. The molecular formula is C9H13F. The van der Waals surface area contributed by atoms with Gasteiger partial charge in [0, 0.05) is 0 Å². The SMILES string of the molecule is CC1=C(C)C(F)=C(C)CC1. The molecule has 0 unspecified atom stereocenters. The minimum atomic E-state index is 0.0174. The molecule has 1 aliphatic rings. The van der Waals surface area contributed by atoms with Crippen LogP contribution in [0, 0.1) is 0 Å². The summed E-state index contributed by atoms with van der Waals surface area (Å²) in [4.78, 5) is 0. The molecule has 0 bridgehead atoms. The lowest BCUT2D eigenvalue weighted by atomic mass is 9.94. The number of allylic oxidation sites excluding steroid dienone is 4. The molecule has 0 aromatic carbocycles. The molecule has 0 saturated heterocycles. The lowest BCUT2D eigenvalue weighted by molar-refractivity contribution is 0.612. The van der Waals surface area contributed by atoms with Gasteiger partial charge in [-0.1, -0.05) is 5.57 Å². The molecule has 0 N–H and O–H groups in total. The highest BCUT2D eigenvalue weighted by molar-refractivity contribution is 5.35. The third-order valence-electron chi connectivity index (χ3n) is 2.22. The molecule has 0 heterocycles. The molecule has 0 aromatic heterocycles. The van der Waals surface area contributed by atoms with Crippen LogP contribution in [-0.2, 0) is 0 Å². The average Bonchev–Trinajstić information content (AvgIpc) is 1.93. The van der Waals surface area contributed by atoms with E-state index >= 15 is 0 Å². The number of halogens is 1. The van der Waals surface area contributed by atoms with Crippen molar-refractivity contribution in [1.29, 1.82) is 0 Å². The third-order valence-corrected chi connectivity index (χ3v) is 2.22. The molecule has 0 amide bonds. The van der Waals surface area contributed by atoms with Crippen LogP contribution in [0.25, 0.3) is 0 Å². The van der Waals surface area contributed by atoms with Crippen molar-refractivity contribution in [3.63, 3.8) is 0 Å². The largest absolute Gasteiger partial charge is 0.207 e. The first-order chi connectivity index (χ1) is 4.63. The molecule has 0 saturated carbocycles. The quantitative estimate of drug-likeness (QED) is 0.484. The van der Waals surface area contributed by atoms with Gasteiger partial charge in [-0.15, -0.1) is 0 Å². The first-order valence-electron chi connectivity index (χ1n) is 3.65. The van der Waals surface area contributed by atoms with E-state index < -0.39 is 0 Å². The van der Waals surface area contributed by atoms with Crippen LogP contribution in [0.1, 0.15) is 33.6 Å². The third kappa shape index (κ3) is 1.13. The van der Waals surface area contributed by atoms with Crippen LogP contribution in [0.15, 0.2) is 22.5 Å². The molecule has 0 atom stereocenters. The summed E-state index contributed by atoms with van der Waals surface area (Å²) in [6.07, 6.45) is 1.93. The fourth-order valence-electron chi connectivity index (χ4n) is 1.18. The molecule has 1 aliphatic carbocycles. The van der Waals surface area contributed by atoms with Crippen molar-refractivity contribution in [2.24, 2.45) is 0 Å². The topological polar surface area (TPSA) is 0 Å². The lowest BCUT2D eigenvalue weighted by Crippen LogP contribution is -1.96. The maximum atomic E-state index is 13.0. The van der Waals surface area contributed by atoms with E-state index in [-0.39, 0.29) is 5.83 Å². The maximum Gasteiger partial charge on any atom is 0.124 e. The summed E-state index contributed by atoms with van der Waals surface area (Å²) in [5.41, 5.74) is 2.95. The van der Waals surface area contributed by atoms with E-state index in [1.165, 1.54) is 5.57 Å². The number of hydrogen-bond acceptors (Lipinski definition) is 0. The molecule has 0 radical (unpaired) electrons. The summed E-state index contributed by atoms with van der Waals surface area (Å²) >= 11 is 0. The Morgan fingerprint density at radius 3 is 2.00 bits per heavy atom. The van der Waals surface area contributed by atoms with Gasteiger partial charge < -0.3 is 0 Å². The lowest BCUT2D eigenvalue weighted by Gasteiger charge is -2.14. The van der Waals surface area contributed by atoms with Crippen molar-refractivity contribution < 1.29 is 4.39 Å². The van der Waals surface area contributed by atoms with E-state index in [1.54, 1.807) is 0 Å². The van der Waals surface area contributed by atoms with E-state index in [1.807, 2.05) is 20.8 Å². The highest BCUT2D eigenvalue weighted by Crippen LogP contribution is 2.29. The van der Waals surface area contributed by atoms with Gasteiger partial charge in [0.2, 0.25) is 0 Å². The monoisotopic (exact) mass is 140 g/mol. The fourth-order valence-corrected chi connectivity index (χ4v) is 1.18. The fraction of sp³-hybridized carbons (Fsp3) is 0.556. The van der Waals surface area contributed by atoms with Gasteiger partial charge in [-0.05, 0) is 44.8 Å². The Morgan fingerprint density at radius 2 is 1.50 bits per heavy atom. The van der Waals surface area contributed by atoms with Gasteiger partial charge in [-0.3, -0.25) is 0 Å². The molecule has 56 valence electrons. The molecule has 0 spiro atoms. The zero-order chi connectivity index (χ0) is 7.72. The Kier molecular flexibility index (Phi) is 1.93. The van der Waals surface area contributed by atoms with E-state index in [2.05, 4.69) is 0 Å². The average molecular weight is 140 g/mol. The van der Waals surface area contributed by atoms with Crippen molar-refractivity contribution in [2.45, 2.75) is 33.6 Å². The number of rotatable bonds is 0. The summed E-state index contributed by atoms with van der Waals surface area (Å²) in [7, 11) is 0. The minimum Gasteiger partial charge on any atom is -0.207 e. The van der Waals surface area contributed by atoms with Crippen LogP contribution in [0.2, 0.25) is 0 Å². The summed E-state index contributed by atoms with van der Waals surface area (Å²) < 4.78 is 13.0. The minimum absolute atomic E-state index is 0.0174. The van der Waals surface area contributed by atoms with Crippen molar-refractivity contribution in [3.8, 4) is 0 Å². The van der Waals surface area contributed by atoms with Crippen LogP contribution in [-0.4, -0.2) is 0 Å². The summed E-state index contributed by atoms with van der Waals surface area (Å²) in [6, 6.07) is 0. The maximum absolute atomic E-state index is 13.0. The van der Waals surface area contributed by atoms with Crippen LogP contribution in [0.5, 0.6) is 0 Å². The van der Waals surface area contributed by atoms with Gasteiger partial charge in [0.05, 0.1) is 0 Å². The van der Waals surface area contributed by atoms with Crippen LogP contribution in [0.4, 0.5) is 4.39 Å². The van der Waals surface area contributed by atoms with E-state index in [0.29, 0.717) is 0 Å². The molecule has 10 heavy (non-hydrogen) atoms. The summed E-state index contributed by atoms with van der Waals surface area (Å²) in [5.74, 6) is 0.0174. The van der Waals surface area contributed by atoms with Gasteiger partial charge in [0.25, 0.3) is 0 Å². The van der Waals surface area contributed by atoms with Crippen LogP contribution < -0.4 is 0 Å². The van der Waals surface area contributed by atoms with Crippen molar-refractivity contribution in [1.82, 2.24) is 0 Å². The van der Waals surface area contributed by atoms with Gasteiger partial charge in [-0.25, -0.2) is 4.39 Å². The Hall–Kier alpha value is -0.590. The Bertz CT molecular complexity index is 185. The normalized spacial score (nSPS) is 20.4. The highest BCUT2D eigenvalue weighted by Gasteiger charge is 2.12. The predicted octanol–water partition coefficient (Wildman–Crippen LogP) is 3.36. The van der Waals surface area contributed by atoms with Crippen molar-refractivity contribution in [2.75, 3.05) is 0 Å². The Labute approximate surface area is 61.4 Å². The summed E-state index contributed by atoms with van der Waals surface area (Å²) in [5, 5.41) is 0. The second kappa shape index (κ2) is 2.57. The van der Waals surface area contributed by atoms with E-state index in [4.69, 9.17) is 0 Å². The standard InChI is InChI=1S/C9H13F/c1-6-4-5-7(2)9(10)8(6)3/h4-5H2,1-3H3. The molecule has 0 fully saturated rings. The van der Waals surface area contributed by atoms with Crippen molar-refractivity contribution >= 4 is 0 Å². The second-order valence-electron chi connectivity index (χ2n) is 3.00. The first kappa shape index (κ1) is 7.52. The zero-order valence-electron chi connectivity index (χ0n) is 6.79. The second-order valence-corrected chi connectivity index (χ2v) is 3.00. The molecule has 1 heteroatoms. The van der Waals surface area contributed by atoms with Gasteiger partial charge >= 0.3 is 0 Å². The first-order valence-corrected chi connectivity index (χ1v) is 3.65. The molecular weight excluding hydrogens is 127 g/mol. The Balaban J connectivity index is 3.01. The van der Waals surface area contributed by atoms with E-state index in [0.717, 1.165) is 24.0 Å². The van der Waals surface area contributed by atoms with Gasteiger partial charge in [0.1, 0.15) is 5.83 Å². The smallest absolute Gasteiger partial charge is 0.124 e. The molecule has 0 aliphatic heterocycles. The van der Waals surface area contributed by atoms with E-state index in [9.17, 15) is 4.39 Å². The van der Waals surface area contributed by atoms with Gasteiger partial charge in [-0.2, -0.15) is 0 Å². The molecule has 0 aromatic rings. The molecule has 1 rings (SSSR count). The van der Waals surface area contributed by atoms with Crippen molar-refractivity contribution in [3.05, 3.63) is 22.5 Å². The van der Waals surface area contributed by atoms with Crippen LogP contribution in [0.3, 0.4) is 0 Å².